The lowest BCUT2D eigenvalue weighted by Gasteiger charge is -2.10. The van der Waals surface area contributed by atoms with Crippen molar-refractivity contribution < 1.29 is 18.4 Å². The minimum atomic E-state index is -2.86. The number of alkyl halides is 2. The van der Waals surface area contributed by atoms with Crippen molar-refractivity contribution in [2.24, 2.45) is 0 Å². The second kappa shape index (κ2) is 6.58. The fourth-order valence-corrected chi connectivity index (χ4v) is 2.41. The van der Waals surface area contributed by atoms with Crippen LogP contribution in [0, 0.1) is 0 Å². The van der Waals surface area contributed by atoms with Gasteiger partial charge in [-0.1, -0.05) is 18.2 Å². The Balaban J connectivity index is 1.94. The Hall–Kier alpha value is -3.45. The van der Waals surface area contributed by atoms with Crippen molar-refractivity contribution in [3.8, 4) is 5.69 Å². The van der Waals surface area contributed by atoms with Gasteiger partial charge in [-0.05, 0) is 12.1 Å². The van der Waals surface area contributed by atoms with Gasteiger partial charge in [-0.3, -0.25) is 15.2 Å². The van der Waals surface area contributed by atoms with Gasteiger partial charge >= 0.3 is 0 Å². The minimum Gasteiger partial charge on any atom is -0.319 e. The number of carbonyl (C=O) groups excluding carboxylic acids is 2. The summed E-state index contributed by atoms with van der Waals surface area (Å²) in [6, 6.07) is 8.38. The van der Waals surface area contributed by atoms with E-state index in [1.54, 1.807) is 43.3 Å². The molecule has 0 radical (unpaired) electrons. The van der Waals surface area contributed by atoms with Crippen molar-refractivity contribution in [1.29, 1.82) is 0 Å². The third-order valence-electron chi connectivity index (χ3n) is 3.49. The third kappa shape index (κ3) is 3.13. The molecular weight excluding hydrogens is 332 g/mol. The first-order valence-electron chi connectivity index (χ1n) is 7.21. The summed E-state index contributed by atoms with van der Waals surface area (Å²) in [5.74, 6) is 0.877. The second-order valence-electron chi connectivity index (χ2n) is 5.19. The van der Waals surface area contributed by atoms with Crippen LogP contribution in [0.1, 0.15) is 12.1 Å². The number of aromatic nitrogens is 2. The summed E-state index contributed by atoms with van der Waals surface area (Å²) >= 11 is 0. The van der Waals surface area contributed by atoms with Gasteiger partial charge in [-0.15, -0.1) is 0 Å². The van der Waals surface area contributed by atoms with Crippen molar-refractivity contribution >= 4 is 17.5 Å². The van der Waals surface area contributed by atoms with Crippen molar-refractivity contribution in [3.63, 3.8) is 0 Å². The largest absolute Gasteiger partial charge is 0.319 e. The van der Waals surface area contributed by atoms with Crippen molar-refractivity contribution in [1.82, 2.24) is 20.2 Å². The van der Waals surface area contributed by atoms with Gasteiger partial charge in [0.15, 0.2) is 11.6 Å². The Morgan fingerprint density at radius 1 is 1.32 bits per heavy atom. The zero-order chi connectivity index (χ0) is 18.0. The molecular formula is C16H13F2N5O2. The Labute approximate surface area is 141 Å². The summed E-state index contributed by atoms with van der Waals surface area (Å²) in [4.78, 5) is 23.2. The predicted molar refractivity (Wildman–Crippen MR) is 85.3 cm³/mol. The molecule has 2 heterocycles. The predicted octanol–water partition coefficient (Wildman–Crippen LogP) is 1.80. The summed E-state index contributed by atoms with van der Waals surface area (Å²) in [7, 11) is 1.58. The number of nitrogens with zero attached hydrogens (tertiary/aromatic N) is 3. The Kier molecular flexibility index (Phi) is 4.32. The van der Waals surface area contributed by atoms with E-state index in [2.05, 4.69) is 15.8 Å². The maximum Gasteiger partial charge on any atom is 0.282 e. The fraction of sp³-hybridized carbons (Fsp3) is 0.125. The van der Waals surface area contributed by atoms with Crippen LogP contribution in [0.25, 0.3) is 5.69 Å². The highest BCUT2D eigenvalue weighted by atomic mass is 19.3. The molecule has 0 atom stereocenters. The number of carbonyl (C=O) groups is 1. The number of nitrogens with one attached hydrogen (secondary N) is 2. The number of hydrazine groups is 1. The number of halogens is 2. The monoisotopic (exact) mass is 345 g/mol. The normalized spacial score (nSPS) is 13.5. The lowest BCUT2D eigenvalue weighted by atomic mass is 10.2. The summed E-state index contributed by atoms with van der Waals surface area (Å²) in [6.07, 6.45) is -0.361. The second-order valence-corrected chi connectivity index (χ2v) is 5.19. The maximum absolute atomic E-state index is 13.5. The molecule has 2 N–H and O–H groups in total. The SMILES string of the molecule is CN1C=C(C(=O)Nc2cnn(-c3ccccc3)c2C(F)F)C(=C=O)N1. The fourth-order valence-electron chi connectivity index (χ4n) is 2.41. The maximum atomic E-state index is 13.5. The zero-order valence-electron chi connectivity index (χ0n) is 13.0. The lowest BCUT2D eigenvalue weighted by Crippen LogP contribution is -2.24. The molecule has 1 aliphatic heterocycles. The Bertz CT molecular complexity index is 885. The van der Waals surface area contributed by atoms with Gasteiger partial charge in [0.1, 0.15) is 5.69 Å². The van der Waals surface area contributed by atoms with E-state index >= 15 is 0 Å². The lowest BCUT2D eigenvalue weighted by molar-refractivity contribution is -0.112. The molecule has 7 nitrogen and oxygen atoms in total. The number of rotatable bonds is 4. The Morgan fingerprint density at radius 3 is 2.68 bits per heavy atom. The highest BCUT2D eigenvalue weighted by molar-refractivity contribution is 6.08. The van der Waals surface area contributed by atoms with Gasteiger partial charge in [0, 0.05) is 13.2 Å². The number of anilines is 1. The minimum absolute atomic E-state index is 0.00909. The van der Waals surface area contributed by atoms with Gasteiger partial charge in [-0.25, -0.2) is 18.3 Å². The van der Waals surface area contributed by atoms with Crippen LogP contribution in [0.4, 0.5) is 14.5 Å². The summed E-state index contributed by atoms with van der Waals surface area (Å²) < 4.78 is 28.1. The molecule has 128 valence electrons. The van der Waals surface area contributed by atoms with E-state index in [1.807, 2.05) is 0 Å². The molecule has 0 saturated heterocycles. The van der Waals surface area contributed by atoms with Gasteiger partial charge < -0.3 is 5.32 Å². The van der Waals surface area contributed by atoms with Crippen LogP contribution in [-0.4, -0.2) is 33.7 Å². The third-order valence-corrected chi connectivity index (χ3v) is 3.49. The van der Waals surface area contributed by atoms with E-state index in [-0.39, 0.29) is 17.0 Å². The van der Waals surface area contributed by atoms with E-state index in [0.717, 1.165) is 10.9 Å². The molecule has 0 saturated carbocycles. The van der Waals surface area contributed by atoms with Gasteiger partial charge in [0.25, 0.3) is 12.3 Å². The molecule has 0 spiro atoms. The summed E-state index contributed by atoms with van der Waals surface area (Å²) in [5, 5.41) is 7.69. The van der Waals surface area contributed by atoms with E-state index in [0.29, 0.717) is 5.69 Å². The number of hydrogen-bond donors (Lipinski definition) is 2. The summed E-state index contributed by atoms with van der Waals surface area (Å²) in [6.45, 7) is 0. The van der Waals surface area contributed by atoms with Crippen LogP contribution >= 0.6 is 0 Å². The molecule has 1 aliphatic rings. The number of para-hydroxylation sites is 1. The van der Waals surface area contributed by atoms with Crippen LogP contribution in [0.15, 0.2) is 54.0 Å². The molecule has 3 rings (SSSR count). The molecule has 0 unspecified atom stereocenters. The summed E-state index contributed by atoms with van der Waals surface area (Å²) in [5.41, 5.74) is 2.36. The smallest absolute Gasteiger partial charge is 0.282 e. The van der Waals surface area contributed by atoms with Gasteiger partial charge in [0.2, 0.25) is 0 Å². The van der Waals surface area contributed by atoms with Crippen LogP contribution in [0.2, 0.25) is 0 Å². The van der Waals surface area contributed by atoms with E-state index in [4.69, 9.17) is 0 Å². The van der Waals surface area contributed by atoms with E-state index in [1.165, 1.54) is 11.2 Å². The molecule has 0 bridgehead atoms. The molecule has 1 aromatic carbocycles. The molecule has 1 amide bonds. The first-order chi connectivity index (χ1) is 12.0. The van der Waals surface area contributed by atoms with Crippen molar-refractivity contribution in [2.75, 3.05) is 12.4 Å². The average molecular weight is 345 g/mol. The average Bonchev–Trinajstić information content (AvgIpc) is 3.19. The number of benzene rings is 1. The molecule has 0 fully saturated rings. The van der Waals surface area contributed by atoms with Gasteiger partial charge in [0.05, 0.1) is 23.1 Å². The highest BCUT2D eigenvalue weighted by Crippen LogP contribution is 2.30. The molecule has 9 heteroatoms. The molecule has 2 aromatic rings. The Morgan fingerprint density at radius 2 is 2.04 bits per heavy atom. The molecule has 25 heavy (non-hydrogen) atoms. The first kappa shape index (κ1) is 16.4. The highest BCUT2D eigenvalue weighted by Gasteiger charge is 2.27. The van der Waals surface area contributed by atoms with Crippen LogP contribution < -0.4 is 10.7 Å². The van der Waals surface area contributed by atoms with E-state index < -0.39 is 18.0 Å². The first-order valence-corrected chi connectivity index (χ1v) is 7.21. The van der Waals surface area contributed by atoms with Crippen molar-refractivity contribution in [2.45, 2.75) is 6.43 Å². The van der Waals surface area contributed by atoms with Crippen LogP contribution in [0.3, 0.4) is 0 Å². The topological polar surface area (TPSA) is 79.3 Å². The molecule has 0 aliphatic carbocycles. The number of amides is 1. The zero-order valence-corrected chi connectivity index (χ0v) is 13.0. The van der Waals surface area contributed by atoms with Crippen molar-refractivity contribution in [3.05, 3.63) is 59.7 Å². The molecule has 1 aromatic heterocycles. The van der Waals surface area contributed by atoms with Gasteiger partial charge in [-0.2, -0.15) is 5.10 Å². The van der Waals surface area contributed by atoms with Crippen LogP contribution in [-0.2, 0) is 9.59 Å². The number of hydrogen-bond acceptors (Lipinski definition) is 5. The standard InChI is InChI=1S/C16H13F2N5O2/c1-22-8-11(13(9-24)21-22)16(25)20-12-7-19-23(14(12)15(17)18)10-5-3-2-4-6-10/h2-8,15,21H,1H3,(H,20,25). The van der Waals surface area contributed by atoms with E-state index in [9.17, 15) is 18.4 Å². The van der Waals surface area contributed by atoms with Crippen LogP contribution in [0.5, 0.6) is 0 Å². The quantitative estimate of drug-likeness (QED) is 0.826.